The van der Waals surface area contributed by atoms with E-state index in [1.165, 1.54) is 0 Å². The number of amides is 1. The number of carbonyl (C=O) groups is 1. The monoisotopic (exact) mass is 351 g/mol. The number of nitrogens with one attached hydrogen (secondary N) is 1. The van der Waals surface area contributed by atoms with Gasteiger partial charge in [-0.2, -0.15) is 8.78 Å². The summed E-state index contributed by atoms with van der Waals surface area (Å²) >= 11 is 0. The highest BCUT2D eigenvalue weighted by Crippen LogP contribution is 2.57. The Morgan fingerprint density at radius 2 is 1.84 bits per heavy atom. The first-order chi connectivity index (χ1) is 12.0. The van der Waals surface area contributed by atoms with Gasteiger partial charge < -0.3 is 14.8 Å². The Labute approximate surface area is 145 Å². The molecule has 25 heavy (non-hydrogen) atoms. The average molecular weight is 351 g/mol. The lowest BCUT2D eigenvalue weighted by atomic mass is 9.52. The average Bonchev–Trinajstić information content (AvgIpc) is 2.55. The normalized spacial score (nSPS) is 35.8. The summed E-state index contributed by atoms with van der Waals surface area (Å²) in [6.07, 6.45) is 3.48. The molecule has 4 nitrogen and oxygen atoms in total. The topological polar surface area (TPSA) is 47.6 Å². The predicted octanol–water partition coefficient (Wildman–Crippen LogP) is 4.10. The van der Waals surface area contributed by atoms with Crippen LogP contribution in [0.1, 0.15) is 37.7 Å². The zero-order valence-corrected chi connectivity index (χ0v) is 14.0. The molecular weight excluding hydrogens is 328 g/mol. The molecule has 0 aliphatic heterocycles. The second-order valence-electron chi connectivity index (χ2n) is 7.76. The van der Waals surface area contributed by atoms with E-state index < -0.39 is 18.3 Å². The molecule has 2 unspecified atom stereocenters. The molecule has 0 spiro atoms. The zero-order valence-electron chi connectivity index (χ0n) is 14.0. The summed E-state index contributed by atoms with van der Waals surface area (Å²) < 4.78 is 36.0. The van der Waals surface area contributed by atoms with Crippen molar-refractivity contribution in [3.8, 4) is 0 Å². The summed E-state index contributed by atoms with van der Waals surface area (Å²) in [6.45, 7) is -2.49. The van der Waals surface area contributed by atoms with Gasteiger partial charge in [0.25, 0.3) is 0 Å². The highest BCUT2D eigenvalue weighted by atomic mass is 19.3. The van der Waals surface area contributed by atoms with E-state index in [0.29, 0.717) is 18.8 Å². The fraction of sp³-hybridized carbons (Fsp3) is 0.632. The molecule has 0 heterocycles. The zero-order chi connectivity index (χ0) is 17.4. The maximum atomic E-state index is 12.8. The summed E-state index contributed by atoms with van der Waals surface area (Å²) in [6, 6.07) is 9.53. The molecule has 4 aliphatic rings. The lowest BCUT2D eigenvalue weighted by Crippen LogP contribution is -2.62. The van der Waals surface area contributed by atoms with E-state index in [-0.39, 0.29) is 24.5 Å². The quantitative estimate of drug-likeness (QED) is 0.869. The lowest BCUT2D eigenvalue weighted by Gasteiger charge is -2.59. The van der Waals surface area contributed by atoms with E-state index in [1.807, 2.05) is 30.3 Å². The maximum absolute atomic E-state index is 12.8. The van der Waals surface area contributed by atoms with Crippen LogP contribution in [-0.2, 0) is 16.1 Å². The highest BCUT2D eigenvalue weighted by Gasteiger charge is 2.57. The van der Waals surface area contributed by atoms with E-state index in [9.17, 15) is 13.6 Å². The first kappa shape index (κ1) is 16.8. The lowest BCUT2D eigenvalue weighted by molar-refractivity contribution is -0.260. The SMILES string of the molecule is O=C(NC1C2CC3CC1CC(OC(F)F)(C3)C2)OCc1ccccc1. The molecule has 1 amide bonds. The van der Waals surface area contributed by atoms with Crippen molar-refractivity contribution in [3.05, 3.63) is 35.9 Å². The van der Waals surface area contributed by atoms with Gasteiger partial charge >= 0.3 is 12.7 Å². The Bertz CT molecular complexity index is 604. The number of halogens is 2. The first-order valence-electron chi connectivity index (χ1n) is 8.96. The van der Waals surface area contributed by atoms with Gasteiger partial charge in [-0.25, -0.2) is 4.79 Å². The van der Waals surface area contributed by atoms with Crippen molar-refractivity contribution in [2.75, 3.05) is 0 Å². The van der Waals surface area contributed by atoms with Gasteiger partial charge in [0, 0.05) is 6.04 Å². The third-order valence-electron chi connectivity index (χ3n) is 6.05. The number of carbonyl (C=O) groups excluding carboxylic acids is 1. The van der Waals surface area contributed by atoms with Crippen LogP contribution in [0.2, 0.25) is 0 Å². The minimum absolute atomic E-state index is 0.00854. The molecule has 0 saturated heterocycles. The number of hydrogen-bond acceptors (Lipinski definition) is 3. The molecule has 1 aromatic rings. The Kier molecular flexibility index (Phi) is 4.40. The molecule has 136 valence electrons. The van der Waals surface area contributed by atoms with Gasteiger partial charge in [-0.15, -0.1) is 0 Å². The van der Waals surface area contributed by atoms with Gasteiger partial charge in [0.05, 0.1) is 5.60 Å². The van der Waals surface area contributed by atoms with Gasteiger partial charge in [-0.3, -0.25) is 0 Å². The van der Waals surface area contributed by atoms with Crippen molar-refractivity contribution in [2.24, 2.45) is 17.8 Å². The van der Waals surface area contributed by atoms with Crippen LogP contribution in [0, 0.1) is 17.8 Å². The largest absolute Gasteiger partial charge is 0.445 e. The third-order valence-corrected chi connectivity index (χ3v) is 6.05. The summed E-state index contributed by atoms with van der Waals surface area (Å²) in [5, 5.41) is 3.00. The van der Waals surface area contributed by atoms with Crippen molar-refractivity contribution >= 4 is 6.09 Å². The third kappa shape index (κ3) is 3.50. The number of hydrogen-bond donors (Lipinski definition) is 1. The maximum Gasteiger partial charge on any atom is 0.407 e. The van der Waals surface area contributed by atoms with Crippen molar-refractivity contribution in [1.82, 2.24) is 5.32 Å². The fourth-order valence-electron chi connectivity index (χ4n) is 5.42. The van der Waals surface area contributed by atoms with E-state index in [2.05, 4.69) is 5.32 Å². The van der Waals surface area contributed by atoms with Gasteiger partial charge in [0.2, 0.25) is 0 Å². The Hall–Kier alpha value is -1.69. The molecule has 2 atom stereocenters. The van der Waals surface area contributed by atoms with Crippen LogP contribution >= 0.6 is 0 Å². The van der Waals surface area contributed by atoms with Crippen molar-refractivity contribution in [3.63, 3.8) is 0 Å². The number of benzene rings is 1. The van der Waals surface area contributed by atoms with Gasteiger partial charge in [0.15, 0.2) is 0 Å². The minimum atomic E-state index is -2.72. The molecule has 0 radical (unpaired) electrons. The van der Waals surface area contributed by atoms with Crippen molar-refractivity contribution in [1.29, 1.82) is 0 Å². The molecule has 4 bridgehead atoms. The summed E-state index contributed by atoms with van der Waals surface area (Å²) in [4.78, 5) is 12.2. The van der Waals surface area contributed by atoms with Crippen LogP contribution in [-0.4, -0.2) is 24.3 Å². The number of alkyl halides is 2. The summed E-state index contributed by atoms with van der Waals surface area (Å²) in [5.74, 6) is 0.846. The van der Waals surface area contributed by atoms with E-state index >= 15 is 0 Å². The second-order valence-corrected chi connectivity index (χ2v) is 7.76. The smallest absolute Gasteiger partial charge is 0.407 e. The molecule has 5 rings (SSSR count). The number of alkyl carbamates (subject to hydrolysis) is 1. The molecule has 4 saturated carbocycles. The Morgan fingerprint density at radius 1 is 1.16 bits per heavy atom. The number of ether oxygens (including phenoxy) is 2. The first-order valence-corrected chi connectivity index (χ1v) is 8.96. The van der Waals surface area contributed by atoms with Gasteiger partial charge in [-0.05, 0) is 55.4 Å². The second kappa shape index (κ2) is 6.56. The van der Waals surface area contributed by atoms with Crippen LogP contribution < -0.4 is 5.32 Å². The van der Waals surface area contributed by atoms with Crippen LogP contribution in [0.4, 0.5) is 13.6 Å². The van der Waals surface area contributed by atoms with Crippen LogP contribution in [0.25, 0.3) is 0 Å². The molecule has 1 aromatic carbocycles. The fourth-order valence-corrected chi connectivity index (χ4v) is 5.42. The summed E-state index contributed by atoms with van der Waals surface area (Å²) in [7, 11) is 0. The van der Waals surface area contributed by atoms with Crippen LogP contribution in [0.3, 0.4) is 0 Å². The van der Waals surface area contributed by atoms with Crippen LogP contribution in [0.5, 0.6) is 0 Å². The highest BCUT2D eigenvalue weighted by molar-refractivity contribution is 5.67. The van der Waals surface area contributed by atoms with Crippen molar-refractivity contribution in [2.45, 2.75) is 57.0 Å². The molecule has 0 aromatic heterocycles. The van der Waals surface area contributed by atoms with Gasteiger partial charge in [0.1, 0.15) is 6.61 Å². The van der Waals surface area contributed by atoms with E-state index in [0.717, 1.165) is 24.8 Å². The van der Waals surface area contributed by atoms with E-state index in [4.69, 9.17) is 9.47 Å². The number of rotatable bonds is 5. The Balaban J connectivity index is 1.36. The van der Waals surface area contributed by atoms with Crippen LogP contribution in [0.15, 0.2) is 30.3 Å². The molecule has 6 heteroatoms. The van der Waals surface area contributed by atoms with Gasteiger partial charge in [-0.1, -0.05) is 30.3 Å². The molecular formula is C19H23F2NO3. The molecule has 4 aliphatic carbocycles. The molecule has 4 fully saturated rings. The predicted molar refractivity (Wildman–Crippen MR) is 86.9 cm³/mol. The van der Waals surface area contributed by atoms with E-state index in [1.54, 1.807) is 0 Å². The minimum Gasteiger partial charge on any atom is -0.445 e. The summed E-state index contributed by atoms with van der Waals surface area (Å²) in [5.41, 5.74) is 0.253. The molecule has 1 N–H and O–H groups in total. The standard InChI is InChI=1S/C19H23F2NO3/c20-17(21)25-19-8-13-6-14(9-19)16(15(7-13)10-19)22-18(23)24-11-12-4-2-1-3-5-12/h1-5,13-17H,6-11H2,(H,22,23). The van der Waals surface area contributed by atoms with Crippen molar-refractivity contribution < 1.29 is 23.0 Å². The Morgan fingerprint density at radius 3 is 2.48 bits per heavy atom.